The van der Waals surface area contributed by atoms with Crippen molar-refractivity contribution in [1.29, 1.82) is 0 Å². The van der Waals surface area contributed by atoms with Crippen LogP contribution in [0.25, 0.3) is 0 Å². The fraction of sp³-hybridized carbons (Fsp3) is 0.714. The maximum atomic E-state index is 10.8. The molecule has 1 rings (SSSR count). The third-order valence-electron chi connectivity index (χ3n) is 1.76. The molecule has 0 aromatic rings. The molecule has 0 aromatic carbocycles. The van der Waals surface area contributed by atoms with Crippen LogP contribution < -0.4 is 0 Å². The van der Waals surface area contributed by atoms with E-state index in [-0.39, 0.29) is 6.54 Å². The standard InChI is InChI=1S/C7H11NO4/c1-5(6(9)10)4-8-2-3-12-7(8)11/h5H,2-4H2,1H3,(H,9,10). The molecular weight excluding hydrogens is 162 g/mol. The molecule has 5 heteroatoms. The lowest BCUT2D eigenvalue weighted by Crippen LogP contribution is -2.32. The molecule has 1 N–H and O–H groups in total. The first kappa shape index (κ1) is 8.83. The van der Waals surface area contributed by atoms with E-state index in [0.29, 0.717) is 13.2 Å². The van der Waals surface area contributed by atoms with E-state index in [4.69, 9.17) is 5.11 Å². The normalized spacial score (nSPS) is 19.1. The fourth-order valence-electron chi connectivity index (χ4n) is 1.00. The summed E-state index contributed by atoms with van der Waals surface area (Å²) in [4.78, 5) is 22.7. The van der Waals surface area contributed by atoms with E-state index in [9.17, 15) is 9.59 Å². The third-order valence-corrected chi connectivity index (χ3v) is 1.76. The molecule has 0 bridgehead atoms. The first-order valence-corrected chi connectivity index (χ1v) is 3.75. The van der Waals surface area contributed by atoms with Gasteiger partial charge >= 0.3 is 12.1 Å². The number of carboxylic acid groups (broad SMARTS) is 1. The van der Waals surface area contributed by atoms with Gasteiger partial charge in [-0.05, 0) is 0 Å². The Labute approximate surface area is 69.9 Å². The molecule has 1 saturated heterocycles. The van der Waals surface area contributed by atoms with Crippen molar-refractivity contribution in [3.8, 4) is 0 Å². The van der Waals surface area contributed by atoms with E-state index < -0.39 is 18.0 Å². The number of nitrogens with zero attached hydrogens (tertiary/aromatic N) is 1. The highest BCUT2D eigenvalue weighted by Crippen LogP contribution is 2.07. The summed E-state index contributed by atoms with van der Waals surface area (Å²) in [7, 11) is 0. The highest BCUT2D eigenvalue weighted by Gasteiger charge is 2.25. The zero-order valence-electron chi connectivity index (χ0n) is 6.82. The summed E-state index contributed by atoms with van der Waals surface area (Å²) in [6, 6.07) is 0. The molecule has 1 amide bonds. The van der Waals surface area contributed by atoms with Crippen LogP contribution in [0.5, 0.6) is 0 Å². The van der Waals surface area contributed by atoms with E-state index in [2.05, 4.69) is 4.74 Å². The number of rotatable bonds is 3. The molecule has 1 unspecified atom stereocenters. The molecule has 0 saturated carbocycles. The maximum Gasteiger partial charge on any atom is 0.409 e. The molecule has 0 aliphatic carbocycles. The van der Waals surface area contributed by atoms with Gasteiger partial charge in [-0.3, -0.25) is 4.79 Å². The second-order valence-corrected chi connectivity index (χ2v) is 2.80. The smallest absolute Gasteiger partial charge is 0.409 e. The zero-order chi connectivity index (χ0) is 9.14. The van der Waals surface area contributed by atoms with Crippen molar-refractivity contribution in [3.05, 3.63) is 0 Å². The average Bonchev–Trinajstić information content (AvgIpc) is 2.36. The van der Waals surface area contributed by atoms with Gasteiger partial charge in [-0.1, -0.05) is 6.92 Å². The van der Waals surface area contributed by atoms with Gasteiger partial charge < -0.3 is 14.7 Å². The lowest BCUT2D eigenvalue weighted by molar-refractivity contribution is -0.141. The second-order valence-electron chi connectivity index (χ2n) is 2.80. The molecule has 5 nitrogen and oxygen atoms in total. The van der Waals surface area contributed by atoms with Crippen molar-refractivity contribution in [2.45, 2.75) is 6.92 Å². The molecule has 1 aliphatic rings. The lowest BCUT2D eigenvalue weighted by Gasteiger charge is -2.14. The molecule has 1 atom stereocenters. The van der Waals surface area contributed by atoms with Crippen molar-refractivity contribution in [3.63, 3.8) is 0 Å². The number of hydrogen-bond donors (Lipinski definition) is 1. The number of cyclic esters (lactones) is 1. The largest absolute Gasteiger partial charge is 0.481 e. The Morgan fingerprint density at radius 2 is 2.50 bits per heavy atom. The summed E-state index contributed by atoms with van der Waals surface area (Å²) in [5.41, 5.74) is 0. The van der Waals surface area contributed by atoms with Gasteiger partial charge in [0.2, 0.25) is 0 Å². The summed E-state index contributed by atoms with van der Waals surface area (Å²) < 4.78 is 4.64. The number of carbonyl (C=O) groups is 2. The Morgan fingerprint density at radius 1 is 1.83 bits per heavy atom. The summed E-state index contributed by atoms with van der Waals surface area (Å²) in [6.07, 6.45) is -0.414. The van der Waals surface area contributed by atoms with Crippen molar-refractivity contribution in [1.82, 2.24) is 4.90 Å². The number of carbonyl (C=O) groups excluding carboxylic acids is 1. The minimum Gasteiger partial charge on any atom is -0.481 e. The first-order valence-electron chi connectivity index (χ1n) is 3.75. The predicted octanol–water partition coefficient (Wildman–Crippen LogP) is 0.159. The summed E-state index contributed by atoms with van der Waals surface area (Å²) in [5, 5.41) is 8.55. The summed E-state index contributed by atoms with van der Waals surface area (Å²) in [6.45, 7) is 2.66. The zero-order valence-corrected chi connectivity index (χ0v) is 6.82. The van der Waals surface area contributed by atoms with Gasteiger partial charge in [-0.25, -0.2) is 4.79 Å². The Hall–Kier alpha value is -1.26. The molecular formula is C7H11NO4. The van der Waals surface area contributed by atoms with Gasteiger partial charge in [0.1, 0.15) is 6.61 Å². The van der Waals surface area contributed by atoms with E-state index in [1.807, 2.05) is 0 Å². The molecule has 0 aromatic heterocycles. The number of ether oxygens (including phenoxy) is 1. The predicted molar refractivity (Wildman–Crippen MR) is 39.7 cm³/mol. The maximum absolute atomic E-state index is 10.8. The summed E-state index contributed by atoms with van der Waals surface area (Å²) >= 11 is 0. The molecule has 1 heterocycles. The Bertz CT molecular complexity index is 204. The minimum absolute atomic E-state index is 0.230. The number of carboxylic acids is 1. The van der Waals surface area contributed by atoms with E-state index in [0.717, 1.165) is 0 Å². The second kappa shape index (κ2) is 3.42. The van der Waals surface area contributed by atoms with Gasteiger partial charge in [0.05, 0.1) is 12.5 Å². The number of aliphatic carboxylic acids is 1. The van der Waals surface area contributed by atoms with Crippen molar-refractivity contribution >= 4 is 12.1 Å². The highest BCUT2D eigenvalue weighted by atomic mass is 16.6. The van der Waals surface area contributed by atoms with E-state index in [1.165, 1.54) is 4.90 Å². The molecule has 1 fully saturated rings. The topological polar surface area (TPSA) is 66.8 Å². The lowest BCUT2D eigenvalue weighted by atomic mass is 10.2. The molecule has 12 heavy (non-hydrogen) atoms. The van der Waals surface area contributed by atoms with Crippen LogP contribution >= 0.6 is 0 Å². The van der Waals surface area contributed by atoms with Crippen molar-refractivity contribution in [2.75, 3.05) is 19.7 Å². The highest BCUT2D eigenvalue weighted by molar-refractivity contribution is 5.73. The minimum atomic E-state index is -0.894. The SMILES string of the molecule is CC(CN1CCOC1=O)C(=O)O. The quantitative estimate of drug-likeness (QED) is 0.660. The fourth-order valence-corrected chi connectivity index (χ4v) is 1.00. The monoisotopic (exact) mass is 173 g/mol. The Kier molecular flexibility index (Phi) is 2.52. The van der Waals surface area contributed by atoms with Crippen LogP contribution in [-0.2, 0) is 9.53 Å². The Morgan fingerprint density at radius 3 is 2.92 bits per heavy atom. The molecule has 0 radical (unpaired) electrons. The van der Waals surface area contributed by atoms with Crippen LogP contribution in [0.1, 0.15) is 6.92 Å². The molecule has 1 aliphatic heterocycles. The molecule has 0 spiro atoms. The van der Waals surface area contributed by atoms with Crippen LogP contribution in [0.3, 0.4) is 0 Å². The number of hydrogen-bond acceptors (Lipinski definition) is 3. The first-order chi connectivity index (χ1) is 5.61. The van der Waals surface area contributed by atoms with Gasteiger partial charge in [0.15, 0.2) is 0 Å². The van der Waals surface area contributed by atoms with Gasteiger partial charge in [-0.15, -0.1) is 0 Å². The van der Waals surface area contributed by atoms with Gasteiger partial charge in [-0.2, -0.15) is 0 Å². The van der Waals surface area contributed by atoms with Crippen LogP contribution in [0.4, 0.5) is 4.79 Å². The van der Waals surface area contributed by atoms with Gasteiger partial charge in [0.25, 0.3) is 0 Å². The van der Waals surface area contributed by atoms with Crippen LogP contribution in [0.15, 0.2) is 0 Å². The van der Waals surface area contributed by atoms with E-state index >= 15 is 0 Å². The average molecular weight is 173 g/mol. The van der Waals surface area contributed by atoms with Crippen LogP contribution in [-0.4, -0.2) is 41.8 Å². The molecule has 68 valence electrons. The Balaban J connectivity index is 2.40. The van der Waals surface area contributed by atoms with Crippen LogP contribution in [0.2, 0.25) is 0 Å². The van der Waals surface area contributed by atoms with Crippen molar-refractivity contribution in [2.24, 2.45) is 5.92 Å². The van der Waals surface area contributed by atoms with Gasteiger partial charge in [0, 0.05) is 6.54 Å². The van der Waals surface area contributed by atoms with E-state index in [1.54, 1.807) is 6.92 Å². The summed E-state index contributed by atoms with van der Waals surface area (Å²) in [5.74, 6) is -1.43. The van der Waals surface area contributed by atoms with Crippen molar-refractivity contribution < 1.29 is 19.4 Å². The number of amides is 1. The third kappa shape index (κ3) is 1.87. The van der Waals surface area contributed by atoms with Crippen LogP contribution in [0, 0.1) is 5.92 Å².